The molecule has 5 rings (SSSR count). The van der Waals surface area contributed by atoms with E-state index in [1.807, 2.05) is 26.8 Å². The number of nitrogens with zero attached hydrogens (tertiary/aromatic N) is 1. The van der Waals surface area contributed by atoms with Gasteiger partial charge in [0.1, 0.15) is 5.60 Å². The summed E-state index contributed by atoms with van der Waals surface area (Å²) in [5.74, 6) is -1.38. The van der Waals surface area contributed by atoms with Crippen molar-refractivity contribution in [3.05, 3.63) is 95.6 Å². The van der Waals surface area contributed by atoms with Gasteiger partial charge in [0.2, 0.25) is 10.0 Å². The minimum atomic E-state index is -3.68. The molecule has 3 amide bonds. The number of urea groups is 1. The maximum Gasteiger partial charge on any atom is 0.323 e. The molecule has 4 aromatic rings. The summed E-state index contributed by atoms with van der Waals surface area (Å²) in [6.45, 7) is 5.34. The molecule has 51 heavy (non-hydrogen) atoms. The van der Waals surface area contributed by atoms with Gasteiger partial charge in [-0.1, -0.05) is 75.4 Å². The number of methoxy groups -OCH3 is 1. The minimum absolute atomic E-state index is 0.0118. The molecule has 270 valence electrons. The van der Waals surface area contributed by atoms with Crippen LogP contribution in [0.3, 0.4) is 0 Å². The Morgan fingerprint density at radius 3 is 2.18 bits per heavy atom. The molecule has 0 spiro atoms. The smallest absolute Gasteiger partial charge is 0.323 e. The lowest BCUT2D eigenvalue weighted by molar-refractivity contribution is -0.179. The van der Waals surface area contributed by atoms with Gasteiger partial charge in [0.15, 0.2) is 5.75 Å². The predicted octanol–water partition coefficient (Wildman–Crippen LogP) is 5.36. The maximum atomic E-state index is 14.2. The quantitative estimate of drug-likeness (QED) is 0.144. The third kappa shape index (κ3) is 8.42. The second-order valence-corrected chi connectivity index (χ2v) is 15.3. The zero-order valence-corrected chi connectivity index (χ0v) is 29.8. The molecule has 5 N–H and O–H groups in total. The fourth-order valence-corrected chi connectivity index (χ4v) is 6.79. The number of amides is 3. The molecule has 2 unspecified atom stereocenters. The Morgan fingerprint density at radius 2 is 1.57 bits per heavy atom. The first kappa shape index (κ1) is 37.1. The van der Waals surface area contributed by atoms with E-state index < -0.39 is 51.7 Å². The number of carboxylic acids is 1. The summed E-state index contributed by atoms with van der Waals surface area (Å²) in [5.41, 5.74) is 0.706. The van der Waals surface area contributed by atoms with Crippen LogP contribution in [0, 0.1) is 0 Å². The van der Waals surface area contributed by atoms with Crippen LogP contribution in [-0.2, 0) is 30.6 Å². The number of fused-ring (bicyclic) bond motifs is 1. The SMILES string of the molecule is COc1c(NC(=O)Nc2ccc(C(=O)N3CC(CC(=O)O)OC(CO)(c4ccccc4)C3)c3ccccc23)cc(C(C)(C)C)cc1NS(C)(=O)=O. The number of hydrogen-bond acceptors (Lipinski definition) is 8. The van der Waals surface area contributed by atoms with Gasteiger partial charge in [0.05, 0.1) is 56.1 Å². The van der Waals surface area contributed by atoms with E-state index in [0.717, 1.165) is 11.8 Å². The highest BCUT2D eigenvalue weighted by atomic mass is 32.2. The molecule has 0 bridgehead atoms. The normalized spacial score (nSPS) is 17.8. The third-order valence-electron chi connectivity index (χ3n) is 8.61. The predicted molar refractivity (Wildman–Crippen MR) is 195 cm³/mol. The summed E-state index contributed by atoms with van der Waals surface area (Å²) in [7, 11) is -2.31. The number of ether oxygens (including phenoxy) is 2. The van der Waals surface area contributed by atoms with E-state index in [0.29, 0.717) is 27.6 Å². The average Bonchev–Trinajstić information content (AvgIpc) is 3.06. The van der Waals surface area contributed by atoms with Crippen molar-refractivity contribution in [3.63, 3.8) is 0 Å². The molecule has 1 fully saturated rings. The first-order valence-electron chi connectivity index (χ1n) is 16.2. The Balaban J connectivity index is 1.47. The van der Waals surface area contributed by atoms with Crippen molar-refractivity contribution in [1.29, 1.82) is 0 Å². The van der Waals surface area contributed by atoms with Crippen molar-refractivity contribution < 1.29 is 42.5 Å². The van der Waals surface area contributed by atoms with Crippen molar-refractivity contribution in [2.75, 3.05) is 48.4 Å². The van der Waals surface area contributed by atoms with Gasteiger partial charge in [-0.25, -0.2) is 13.2 Å². The van der Waals surface area contributed by atoms with Crippen LogP contribution in [0.5, 0.6) is 5.75 Å². The van der Waals surface area contributed by atoms with Crippen molar-refractivity contribution in [2.24, 2.45) is 0 Å². The molecule has 0 aromatic heterocycles. The number of anilines is 3. The molecular weight excluding hydrogens is 676 g/mol. The molecule has 1 aliphatic rings. The maximum absolute atomic E-state index is 14.2. The molecule has 2 atom stereocenters. The molecule has 0 radical (unpaired) electrons. The number of carbonyl (C=O) groups is 3. The van der Waals surface area contributed by atoms with Gasteiger partial charge in [-0.2, -0.15) is 0 Å². The zero-order valence-electron chi connectivity index (χ0n) is 29.0. The summed E-state index contributed by atoms with van der Waals surface area (Å²) in [6, 6.07) is 21.8. The van der Waals surface area contributed by atoms with Gasteiger partial charge in [0, 0.05) is 17.5 Å². The van der Waals surface area contributed by atoms with Crippen LogP contribution in [0.2, 0.25) is 0 Å². The highest BCUT2D eigenvalue weighted by Crippen LogP contribution is 2.40. The Kier molecular flexibility index (Phi) is 10.6. The summed E-state index contributed by atoms with van der Waals surface area (Å²) in [4.78, 5) is 41.0. The number of aliphatic hydroxyl groups excluding tert-OH is 1. The van der Waals surface area contributed by atoms with Crippen molar-refractivity contribution >= 4 is 55.8 Å². The molecule has 13 nitrogen and oxygen atoms in total. The lowest BCUT2D eigenvalue weighted by Gasteiger charge is -2.45. The first-order chi connectivity index (χ1) is 24.0. The Hall–Kier alpha value is -5.18. The average molecular weight is 719 g/mol. The van der Waals surface area contributed by atoms with Gasteiger partial charge in [-0.05, 0) is 46.2 Å². The van der Waals surface area contributed by atoms with E-state index >= 15 is 0 Å². The van der Waals surface area contributed by atoms with Crippen LogP contribution in [-0.4, -0.2) is 80.6 Å². The summed E-state index contributed by atoms with van der Waals surface area (Å²) in [6.07, 6.45) is -0.230. The third-order valence-corrected chi connectivity index (χ3v) is 9.20. The molecule has 1 aliphatic heterocycles. The first-order valence-corrected chi connectivity index (χ1v) is 18.1. The Bertz CT molecular complexity index is 2070. The number of nitrogens with one attached hydrogen (secondary N) is 3. The van der Waals surface area contributed by atoms with Crippen molar-refractivity contribution in [2.45, 2.75) is 44.3 Å². The fraction of sp³-hybridized carbons (Fsp3) is 0.324. The monoisotopic (exact) mass is 718 g/mol. The van der Waals surface area contributed by atoms with Crippen molar-refractivity contribution in [1.82, 2.24) is 4.90 Å². The van der Waals surface area contributed by atoms with Gasteiger partial charge in [-0.15, -0.1) is 0 Å². The minimum Gasteiger partial charge on any atom is -0.492 e. The van der Waals surface area contributed by atoms with Gasteiger partial charge in [0.25, 0.3) is 5.91 Å². The molecule has 1 heterocycles. The molecule has 14 heteroatoms. The number of benzene rings is 4. The van der Waals surface area contributed by atoms with E-state index in [4.69, 9.17) is 9.47 Å². The number of morpholine rings is 1. The number of hydrogen-bond donors (Lipinski definition) is 5. The Labute approximate surface area is 296 Å². The van der Waals surface area contributed by atoms with E-state index in [1.165, 1.54) is 12.0 Å². The molecule has 0 aliphatic carbocycles. The fourth-order valence-electron chi connectivity index (χ4n) is 6.24. The van der Waals surface area contributed by atoms with Crippen LogP contribution >= 0.6 is 0 Å². The number of sulfonamides is 1. The summed E-state index contributed by atoms with van der Waals surface area (Å²) >= 11 is 0. The van der Waals surface area contributed by atoms with E-state index in [9.17, 15) is 33.0 Å². The lowest BCUT2D eigenvalue weighted by Crippen LogP contribution is -2.57. The highest BCUT2D eigenvalue weighted by Gasteiger charge is 2.44. The number of aliphatic carboxylic acids is 1. The number of carbonyl (C=O) groups excluding carboxylic acids is 2. The van der Waals surface area contributed by atoms with Crippen LogP contribution < -0.4 is 20.1 Å². The highest BCUT2D eigenvalue weighted by molar-refractivity contribution is 7.92. The number of aliphatic hydroxyl groups is 1. The van der Waals surface area contributed by atoms with Crippen LogP contribution in [0.25, 0.3) is 10.8 Å². The van der Waals surface area contributed by atoms with Crippen LogP contribution in [0.15, 0.2) is 78.9 Å². The van der Waals surface area contributed by atoms with Crippen LogP contribution in [0.4, 0.5) is 21.9 Å². The van der Waals surface area contributed by atoms with Crippen LogP contribution in [0.1, 0.15) is 48.7 Å². The lowest BCUT2D eigenvalue weighted by atomic mass is 9.86. The molecule has 0 saturated carbocycles. The zero-order chi connectivity index (χ0) is 37.1. The van der Waals surface area contributed by atoms with E-state index in [-0.39, 0.29) is 36.6 Å². The van der Waals surface area contributed by atoms with Crippen molar-refractivity contribution in [3.8, 4) is 5.75 Å². The standard InChI is InChI=1S/C37H42N4O9S/c1-36(2,3)24-17-30(33(49-4)31(18-24)40-51(5,47)48)39-35(46)38-29-16-15-28(26-13-9-10-14-27(26)29)34(45)41-20-25(19-32(43)44)50-37(21-41,22-42)23-11-7-6-8-12-23/h6-18,25,40,42H,19-22H2,1-5H3,(H,43,44)(H2,38,39,46). The molecule has 4 aromatic carbocycles. The topological polar surface area (TPSA) is 184 Å². The van der Waals surface area contributed by atoms with E-state index in [2.05, 4.69) is 15.4 Å². The summed E-state index contributed by atoms with van der Waals surface area (Å²) < 4.78 is 38.5. The van der Waals surface area contributed by atoms with Gasteiger partial charge < -0.3 is 35.2 Å². The second kappa shape index (κ2) is 14.6. The number of rotatable bonds is 10. The molecular formula is C37H42N4O9S. The van der Waals surface area contributed by atoms with E-state index in [1.54, 1.807) is 72.8 Å². The second-order valence-electron chi connectivity index (χ2n) is 13.6. The van der Waals surface area contributed by atoms with Gasteiger partial charge in [-0.3, -0.25) is 14.3 Å². The molecule has 1 saturated heterocycles. The Morgan fingerprint density at radius 1 is 0.941 bits per heavy atom. The van der Waals surface area contributed by atoms with Gasteiger partial charge >= 0.3 is 12.0 Å². The number of carboxylic acid groups (broad SMARTS) is 1. The largest absolute Gasteiger partial charge is 0.492 e. The summed E-state index contributed by atoms with van der Waals surface area (Å²) in [5, 5.41) is 26.9.